The summed E-state index contributed by atoms with van der Waals surface area (Å²) in [5, 5.41) is 3.41. The summed E-state index contributed by atoms with van der Waals surface area (Å²) in [4.78, 5) is 0. The summed E-state index contributed by atoms with van der Waals surface area (Å²) in [5.41, 5.74) is 1.55. The maximum Gasteiger partial charge on any atom is 0.00105 e. The van der Waals surface area contributed by atoms with Crippen molar-refractivity contribution >= 4 is 0 Å². The molecule has 0 spiro atoms. The van der Waals surface area contributed by atoms with Crippen LogP contribution in [0.15, 0.2) is 11.6 Å². The molecule has 1 N–H and O–H groups in total. The Balaban J connectivity index is 3.36. The highest BCUT2D eigenvalue weighted by atomic mass is 14.9. The van der Waals surface area contributed by atoms with Crippen molar-refractivity contribution in [2.75, 3.05) is 6.54 Å². The molecule has 0 aliphatic rings. The summed E-state index contributed by atoms with van der Waals surface area (Å²) in [6.07, 6.45) is 7.45. The van der Waals surface area contributed by atoms with Crippen LogP contribution in [-0.2, 0) is 0 Å². The minimum Gasteiger partial charge on any atom is -0.314 e. The van der Waals surface area contributed by atoms with Gasteiger partial charge in [0.1, 0.15) is 0 Å². The summed E-state index contributed by atoms with van der Waals surface area (Å²) >= 11 is 0. The van der Waals surface area contributed by atoms with E-state index in [0.29, 0.717) is 6.04 Å². The van der Waals surface area contributed by atoms with Gasteiger partial charge in [0, 0.05) is 6.04 Å². The van der Waals surface area contributed by atoms with E-state index in [9.17, 15) is 0 Å². The number of nitrogens with one attached hydrogen (secondary N) is 1. The molecule has 1 nitrogen and oxygen atoms in total. The number of hydrogen-bond donors (Lipinski definition) is 1. The molecule has 0 aromatic carbocycles. The van der Waals surface area contributed by atoms with Gasteiger partial charge in [-0.25, -0.2) is 0 Å². The standard InChI is InChI=1S/C12H25N/c1-5-6-8-12(4)9-7-10-13-11(2)3/h9,11,13H,5-8,10H2,1-4H3. The van der Waals surface area contributed by atoms with Gasteiger partial charge in [0.15, 0.2) is 0 Å². The molecular formula is C12H25N. The molecule has 0 amide bonds. The second kappa shape index (κ2) is 8.31. The van der Waals surface area contributed by atoms with E-state index in [1.807, 2.05) is 0 Å². The fourth-order valence-electron chi connectivity index (χ4n) is 1.25. The van der Waals surface area contributed by atoms with Crippen LogP contribution < -0.4 is 5.32 Å². The maximum atomic E-state index is 3.41. The van der Waals surface area contributed by atoms with Crippen molar-refractivity contribution < 1.29 is 0 Å². The van der Waals surface area contributed by atoms with Crippen LogP contribution >= 0.6 is 0 Å². The molecule has 0 fully saturated rings. The van der Waals surface area contributed by atoms with Crippen LogP contribution in [0.4, 0.5) is 0 Å². The van der Waals surface area contributed by atoms with Crippen LogP contribution in [0.2, 0.25) is 0 Å². The zero-order valence-corrected chi connectivity index (χ0v) is 9.69. The lowest BCUT2D eigenvalue weighted by atomic mass is 10.1. The normalized spacial score (nSPS) is 12.5. The molecule has 0 bridgehead atoms. The molecule has 0 heterocycles. The SMILES string of the molecule is CCCCC(C)=CCCNC(C)C. The highest BCUT2D eigenvalue weighted by Gasteiger charge is 1.91. The maximum absolute atomic E-state index is 3.41. The van der Waals surface area contributed by atoms with Crippen molar-refractivity contribution in [1.29, 1.82) is 0 Å². The van der Waals surface area contributed by atoms with Crippen molar-refractivity contribution in [3.8, 4) is 0 Å². The molecule has 0 atom stereocenters. The molecule has 0 aliphatic carbocycles. The first-order valence-corrected chi connectivity index (χ1v) is 5.55. The highest BCUT2D eigenvalue weighted by Crippen LogP contribution is 2.06. The van der Waals surface area contributed by atoms with Gasteiger partial charge in [-0.05, 0) is 32.7 Å². The number of rotatable bonds is 7. The topological polar surface area (TPSA) is 12.0 Å². The Kier molecular flexibility index (Phi) is 8.11. The van der Waals surface area contributed by atoms with Gasteiger partial charge in [-0.1, -0.05) is 38.8 Å². The molecule has 0 aromatic heterocycles. The number of unbranched alkanes of at least 4 members (excludes halogenated alkanes) is 1. The van der Waals surface area contributed by atoms with Gasteiger partial charge >= 0.3 is 0 Å². The summed E-state index contributed by atoms with van der Waals surface area (Å²) < 4.78 is 0. The van der Waals surface area contributed by atoms with E-state index in [1.54, 1.807) is 5.57 Å². The molecule has 0 saturated carbocycles. The van der Waals surface area contributed by atoms with E-state index in [0.717, 1.165) is 6.54 Å². The van der Waals surface area contributed by atoms with E-state index in [1.165, 1.54) is 25.7 Å². The predicted octanol–water partition coefficient (Wildman–Crippen LogP) is 3.51. The van der Waals surface area contributed by atoms with E-state index in [-0.39, 0.29) is 0 Å². The van der Waals surface area contributed by atoms with Crippen LogP contribution in [-0.4, -0.2) is 12.6 Å². The van der Waals surface area contributed by atoms with E-state index >= 15 is 0 Å². The Labute approximate surface area is 83.6 Å². The van der Waals surface area contributed by atoms with Crippen LogP contribution in [0.1, 0.15) is 53.4 Å². The third-order valence-electron chi connectivity index (χ3n) is 2.11. The van der Waals surface area contributed by atoms with Gasteiger partial charge in [0.05, 0.1) is 0 Å². The Hall–Kier alpha value is -0.300. The fraction of sp³-hybridized carbons (Fsp3) is 0.833. The summed E-state index contributed by atoms with van der Waals surface area (Å²) in [6.45, 7) is 9.97. The Morgan fingerprint density at radius 2 is 2.08 bits per heavy atom. The zero-order chi connectivity index (χ0) is 10.1. The smallest absolute Gasteiger partial charge is 0.00105 e. The molecule has 0 aliphatic heterocycles. The highest BCUT2D eigenvalue weighted by molar-refractivity contribution is 4.97. The average molecular weight is 183 g/mol. The minimum absolute atomic E-state index is 0.615. The average Bonchev–Trinajstić information content (AvgIpc) is 2.08. The molecule has 1 heteroatoms. The lowest BCUT2D eigenvalue weighted by Gasteiger charge is -2.06. The van der Waals surface area contributed by atoms with E-state index in [4.69, 9.17) is 0 Å². The van der Waals surface area contributed by atoms with Crippen LogP contribution in [0.3, 0.4) is 0 Å². The fourth-order valence-corrected chi connectivity index (χ4v) is 1.25. The molecule has 13 heavy (non-hydrogen) atoms. The molecule has 0 unspecified atom stereocenters. The van der Waals surface area contributed by atoms with Gasteiger partial charge in [0.2, 0.25) is 0 Å². The Morgan fingerprint density at radius 1 is 1.38 bits per heavy atom. The van der Waals surface area contributed by atoms with Crippen LogP contribution in [0.25, 0.3) is 0 Å². The van der Waals surface area contributed by atoms with Crippen molar-refractivity contribution in [2.45, 2.75) is 59.4 Å². The Morgan fingerprint density at radius 3 is 2.62 bits per heavy atom. The van der Waals surface area contributed by atoms with Gasteiger partial charge in [-0.3, -0.25) is 0 Å². The summed E-state index contributed by atoms with van der Waals surface area (Å²) in [5.74, 6) is 0. The lowest BCUT2D eigenvalue weighted by Crippen LogP contribution is -2.23. The third-order valence-corrected chi connectivity index (χ3v) is 2.11. The molecule has 0 radical (unpaired) electrons. The van der Waals surface area contributed by atoms with Crippen molar-refractivity contribution in [1.82, 2.24) is 5.32 Å². The van der Waals surface area contributed by atoms with E-state index in [2.05, 4.69) is 39.1 Å². The van der Waals surface area contributed by atoms with Crippen molar-refractivity contribution in [3.05, 3.63) is 11.6 Å². The summed E-state index contributed by atoms with van der Waals surface area (Å²) in [7, 11) is 0. The molecule has 0 saturated heterocycles. The van der Waals surface area contributed by atoms with Gasteiger partial charge in [-0.2, -0.15) is 0 Å². The number of allylic oxidation sites excluding steroid dienone is 1. The first-order chi connectivity index (χ1) is 6.16. The molecule has 0 aromatic rings. The number of hydrogen-bond acceptors (Lipinski definition) is 1. The quantitative estimate of drug-likeness (QED) is 0.470. The first-order valence-electron chi connectivity index (χ1n) is 5.55. The van der Waals surface area contributed by atoms with Crippen LogP contribution in [0.5, 0.6) is 0 Å². The summed E-state index contributed by atoms with van der Waals surface area (Å²) in [6, 6.07) is 0.615. The van der Waals surface area contributed by atoms with Gasteiger partial charge < -0.3 is 5.32 Å². The third kappa shape index (κ3) is 9.62. The second-order valence-corrected chi connectivity index (χ2v) is 4.05. The predicted molar refractivity (Wildman–Crippen MR) is 61.0 cm³/mol. The van der Waals surface area contributed by atoms with Gasteiger partial charge in [-0.15, -0.1) is 0 Å². The van der Waals surface area contributed by atoms with Crippen molar-refractivity contribution in [2.24, 2.45) is 0 Å². The first kappa shape index (κ1) is 12.7. The van der Waals surface area contributed by atoms with Gasteiger partial charge in [0.25, 0.3) is 0 Å². The Bertz CT molecular complexity index is 136. The van der Waals surface area contributed by atoms with Crippen LogP contribution in [0, 0.1) is 0 Å². The molecule has 78 valence electrons. The molecular weight excluding hydrogens is 158 g/mol. The monoisotopic (exact) mass is 183 g/mol. The lowest BCUT2D eigenvalue weighted by molar-refractivity contribution is 0.593. The second-order valence-electron chi connectivity index (χ2n) is 4.05. The molecule has 0 rings (SSSR count). The minimum atomic E-state index is 0.615. The zero-order valence-electron chi connectivity index (χ0n) is 9.69. The van der Waals surface area contributed by atoms with Crippen molar-refractivity contribution in [3.63, 3.8) is 0 Å². The van der Waals surface area contributed by atoms with E-state index < -0.39 is 0 Å². The largest absolute Gasteiger partial charge is 0.314 e.